The van der Waals surface area contributed by atoms with Gasteiger partial charge in [-0.3, -0.25) is 14.5 Å². The van der Waals surface area contributed by atoms with E-state index in [1.165, 1.54) is 13.2 Å². The van der Waals surface area contributed by atoms with Crippen LogP contribution < -0.4 is 9.64 Å². The van der Waals surface area contributed by atoms with Gasteiger partial charge >= 0.3 is 0 Å². The van der Waals surface area contributed by atoms with Gasteiger partial charge in [0.15, 0.2) is 0 Å². The molecule has 1 saturated heterocycles. The van der Waals surface area contributed by atoms with E-state index in [1.807, 2.05) is 30.0 Å². The number of anilines is 1. The number of nitrogens with zero attached hydrogens (tertiary/aromatic N) is 5. The maximum Gasteiger partial charge on any atom is 0.244 e. The summed E-state index contributed by atoms with van der Waals surface area (Å²) in [7, 11) is 1.49. The quantitative estimate of drug-likeness (QED) is 0.513. The van der Waals surface area contributed by atoms with Crippen molar-refractivity contribution >= 4 is 34.8 Å². The number of aromatic nitrogens is 3. The van der Waals surface area contributed by atoms with Crippen molar-refractivity contribution < 1.29 is 13.9 Å². The fraction of sp³-hybridized carbons (Fsp3) is 0.348. The summed E-state index contributed by atoms with van der Waals surface area (Å²) in [4.78, 5) is 21.0. The Bertz CT molecular complexity index is 1150. The molecule has 1 aromatic carbocycles. The summed E-state index contributed by atoms with van der Waals surface area (Å²) in [5.74, 6) is -0.0652. The molecule has 0 N–H and O–H groups in total. The van der Waals surface area contributed by atoms with Gasteiger partial charge in [-0.1, -0.05) is 36.2 Å². The Kier molecular flexibility index (Phi) is 7.05. The van der Waals surface area contributed by atoms with E-state index in [9.17, 15) is 9.18 Å². The van der Waals surface area contributed by atoms with Crippen LogP contribution in [0.1, 0.15) is 12.6 Å². The fourth-order valence-corrected chi connectivity index (χ4v) is 4.55. The van der Waals surface area contributed by atoms with Crippen molar-refractivity contribution in [2.75, 3.05) is 38.2 Å². The maximum absolute atomic E-state index is 14.5. The SMILES string of the molecule is CCc1c(Cl)c(-c2ccccn2)nn1CC(=O)N1CCN(c2cc(OC)c(Cl)cc2F)CC1. The van der Waals surface area contributed by atoms with E-state index in [1.54, 1.807) is 21.8 Å². The lowest BCUT2D eigenvalue weighted by molar-refractivity contribution is -0.132. The highest BCUT2D eigenvalue weighted by atomic mass is 35.5. The number of methoxy groups -OCH3 is 1. The number of hydrogen-bond donors (Lipinski definition) is 0. The Balaban J connectivity index is 1.45. The normalized spacial score (nSPS) is 14.0. The number of carbonyl (C=O) groups is 1. The van der Waals surface area contributed by atoms with Gasteiger partial charge in [0.2, 0.25) is 5.91 Å². The molecule has 0 atom stereocenters. The van der Waals surface area contributed by atoms with Crippen molar-refractivity contribution in [3.8, 4) is 17.1 Å². The first-order valence-corrected chi connectivity index (χ1v) is 11.4. The van der Waals surface area contributed by atoms with Crippen LogP contribution in [0.25, 0.3) is 11.4 Å². The van der Waals surface area contributed by atoms with Gasteiger partial charge in [0.1, 0.15) is 23.8 Å². The Morgan fingerprint density at radius 2 is 1.94 bits per heavy atom. The highest BCUT2D eigenvalue weighted by Crippen LogP contribution is 2.33. The van der Waals surface area contributed by atoms with Gasteiger partial charge in [0.05, 0.1) is 34.2 Å². The predicted octanol–water partition coefficient (Wildman–Crippen LogP) is 4.31. The molecular weight excluding hydrogens is 468 g/mol. The first-order chi connectivity index (χ1) is 15.9. The first-order valence-electron chi connectivity index (χ1n) is 10.6. The average Bonchev–Trinajstić information content (AvgIpc) is 3.14. The summed E-state index contributed by atoms with van der Waals surface area (Å²) in [5, 5.41) is 5.31. The van der Waals surface area contributed by atoms with Crippen LogP contribution in [-0.2, 0) is 17.8 Å². The number of benzene rings is 1. The van der Waals surface area contributed by atoms with Crippen molar-refractivity contribution in [2.24, 2.45) is 0 Å². The lowest BCUT2D eigenvalue weighted by Gasteiger charge is -2.36. The highest BCUT2D eigenvalue weighted by molar-refractivity contribution is 6.33. The van der Waals surface area contributed by atoms with E-state index in [0.717, 1.165) is 5.69 Å². The fourth-order valence-electron chi connectivity index (χ4n) is 3.95. The summed E-state index contributed by atoms with van der Waals surface area (Å²) in [5.41, 5.74) is 2.44. The predicted molar refractivity (Wildman–Crippen MR) is 127 cm³/mol. The molecule has 2 aromatic heterocycles. The molecule has 0 radical (unpaired) electrons. The number of amides is 1. The monoisotopic (exact) mass is 491 g/mol. The number of pyridine rings is 1. The van der Waals surface area contributed by atoms with Crippen molar-refractivity contribution in [3.63, 3.8) is 0 Å². The van der Waals surface area contributed by atoms with Gasteiger partial charge in [-0.25, -0.2) is 4.39 Å². The van der Waals surface area contributed by atoms with E-state index in [2.05, 4.69) is 10.1 Å². The topological polar surface area (TPSA) is 63.5 Å². The smallest absolute Gasteiger partial charge is 0.244 e. The molecule has 1 amide bonds. The molecule has 7 nitrogen and oxygen atoms in total. The molecule has 1 fully saturated rings. The zero-order valence-corrected chi connectivity index (χ0v) is 19.9. The van der Waals surface area contributed by atoms with Gasteiger partial charge in [0.25, 0.3) is 0 Å². The highest BCUT2D eigenvalue weighted by Gasteiger charge is 2.26. The van der Waals surface area contributed by atoms with Gasteiger partial charge in [-0.2, -0.15) is 5.10 Å². The molecule has 10 heteroatoms. The van der Waals surface area contributed by atoms with Crippen LogP contribution in [0.5, 0.6) is 5.75 Å². The van der Waals surface area contributed by atoms with E-state index >= 15 is 0 Å². The molecule has 3 heterocycles. The van der Waals surface area contributed by atoms with Gasteiger partial charge in [-0.15, -0.1) is 0 Å². The van der Waals surface area contributed by atoms with Crippen LogP contribution in [0.15, 0.2) is 36.5 Å². The summed E-state index contributed by atoms with van der Waals surface area (Å²) < 4.78 is 21.3. The van der Waals surface area contributed by atoms with Gasteiger partial charge < -0.3 is 14.5 Å². The molecule has 0 spiro atoms. The van der Waals surface area contributed by atoms with Crippen molar-refractivity contribution in [1.82, 2.24) is 19.7 Å². The number of ether oxygens (including phenoxy) is 1. The summed E-state index contributed by atoms with van der Waals surface area (Å²) in [6.45, 7) is 3.97. The Morgan fingerprint density at radius 3 is 2.58 bits per heavy atom. The third kappa shape index (κ3) is 4.77. The van der Waals surface area contributed by atoms with E-state index in [0.29, 0.717) is 60.4 Å². The summed E-state index contributed by atoms with van der Waals surface area (Å²) in [6.07, 6.45) is 2.32. The molecule has 4 rings (SSSR count). The number of rotatable bonds is 6. The largest absolute Gasteiger partial charge is 0.495 e. The first kappa shape index (κ1) is 23.3. The number of piperazine rings is 1. The summed E-state index contributed by atoms with van der Waals surface area (Å²) in [6, 6.07) is 8.37. The standard InChI is InChI=1S/C23H24Cl2FN5O2/c1-3-18-22(25)23(17-6-4-5-7-27-17)28-31(18)14-21(32)30-10-8-29(9-11-30)19-13-20(33-2)15(24)12-16(19)26/h4-7,12-13H,3,8-11,14H2,1-2H3. The molecular formula is C23H24Cl2FN5O2. The number of halogens is 3. The minimum absolute atomic E-state index is 0.0646. The lowest BCUT2D eigenvalue weighted by atomic mass is 10.2. The zero-order chi connectivity index (χ0) is 23.5. The molecule has 0 aliphatic carbocycles. The molecule has 1 aliphatic heterocycles. The van der Waals surface area contributed by atoms with Crippen molar-refractivity contribution in [1.29, 1.82) is 0 Å². The van der Waals surface area contributed by atoms with Crippen LogP contribution >= 0.6 is 23.2 Å². The second-order valence-electron chi connectivity index (χ2n) is 7.64. The minimum Gasteiger partial charge on any atom is -0.495 e. The molecule has 174 valence electrons. The Hall–Kier alpha value is -2.84. The molecule has 33 heavy (non-hydrogen) atoms. The molecule has 0 unspecified atom stereocenters. The van der Waals surface area contributed by atoms with Crippen molar-refractivity contribution in [3.05, 3.63) is 58.1 Å². The number of hydrogen-bond acceptors (Lipinski definition) is 5. The third-order valence-corrected chi connectivity index (χ3v) is 6.41. The second-order valence-corrected chi connectivity index (χ2v) is 8.43. The lowest BCUT2D eigenvalue weighted by Crippen LogP contribution is -2.50. The Labute approximate surface area is 201 Å². The summed E-state index contributed by atoms with van der Waals surface area (Å²) >= 11 is 12.6. The minimum atomic E-state index is -0.415. The number of carbonyl (C=O) groups excluding carboxylic acids is 1. The van der Waals surface area contributed by atoms with Crippen molar-refractivity contribution in [2.45, 2.75) is 19.9 Å². The van der Waals surface area contributed by atoms with E-state index < -0.39 is 5.82 Å². The molecule has 3 aromatic rings. The van der Waals surface area contributed by atoms with Crippen LogP contribution in [0.2, 0.25) is 10.0 Å². The third-order valence-electron chi connectivity index (χ3n) is 5.72. The molecule has 0 saturated carbocycles. The van der Waals surface area contributed by atoms with Crippen LogP contribution in [0, 0.1) is 5.82 Å². The second kappa shape index (κ2) is 9.97. The van der Waals surface area contributed by atoms with Crippen LogP contribution in [0.4, 0.5) is 10.1 Å². The van der Waals surface area contributed by atoms with Gasteiger partial charge in [0, 0.05) is 38.4 Å². The van der Waals surface area contributed by atoms with E-state index in [-0.39, 0.29) is 17.5 Å². The average molecular weight is 492 g/mol. The molecule has 1 aliphatic rings. The van der Waals surface area contributed by atoms with E-state index in [4.69, 9.17) is 27.9 Å². The maximum atomic E-state index is 14.5. The van der Waals surface area contributed by atoms with Crippen LogP contribution in [0.3, 0.4) is 0 Å². The Morgan fingerprint density at radius 1 is 1.18 bits per heavy atom. The zero-order valence-electron chi connectivity index (χ0n) is 18.4. The van der Waals surface area contributed by atoms with Gasteiger partial charge in [-0.05, 0) is 24.6 Å². The molecule has 0 bridgehead atoms. The van der Waals surface area contributed by atoms with Crippen LogP contribution in [-0.4, -0.2) is 58.9 Å².